The first-order valence-corrected chi connectivity index (χ1v) is 7.46. The van der Waals surface area contributed by atoms with Gasteiger partial charge in [-0.2, -0.15) is 0 Å². The van der Waals surface area contributed by atoms with Crippen LogP contribution in [0.4, 0.5) is 10.1 Å². The van der Waals surface area contributed by atoms with E-state index in [-0.39, 0.29) is 11.9 Å². The smallest absolute Gasteiger partial charge is 0.184 e. The van der Waals surface area contributed by atoms with Gasteiger partial charge in [0.2, 0.25) is 0 Å². The summed E-state index contributed by atoms with van der Waals surface area (Å²) >= 11 is 0. The molecule has 0 aliphatic carbocycles. The van der Waals surface area contributed by atoms with Crippen molar-refractivity contribution in [3.05, 3.63) is 24.0 Å². The summed E-state index contributed by atoms with van der Waals surface area (Å²) in [4.78, 5) is 0. The van der Waals surface area contributed by atoms with Crippen LogP contribution in [0.15, 0.2) is 18.2 Å². The van der Waals surface area contributed by atoms with Crippen LogP contribution in [-0.2, 0) is 0 Å². The van der Waals surface area contributed by atoms with E-state index < -0.39 is 0 Å². The molecule has 1 aromatic carbocycles. The average molecular weight is 291 g/mol. The van der Waals surface area contributed by atoms with Crippen molar-refractivity contribution in [2.75, 3.05) is 5.73 Å². The second-order valence-electron chi connectivity index (χ2n) is 5.38. The summed E-state index contributed by atoms with van der Waals surface area (Å²) in [6.45, 7) is 4.26. The van der Waals surface area contributed by atoms with Gasteiger partial charge in [0.05, 0.1) is 6.04 Å². The molecule has 2 N–H and O–H groups in total. The third kappa shape index (κ3) is 3.77. The molecular formula is C15H22FN5. The van der Waals surface area contributed by atoms with Gasteiger partial charge in [0.25, 0.3) is 0 Å². The third-order valence-electron chi connectivity index (χ3n) is 3.64. The maximum absolute atomic E-state index is 13.4. The Hall–Kier alpha value is -1.98. The second kappa shape index (κ2) is 7.15. The Balaban J connectivity index is 2.16. The van der Waals surface area contributed by atoms with Gasteiger partial charge in [0.15, 0.2) is 5.82 Å². The van der Waals surface area contributed by atoms with Crippen LogP contribution in [-0.4, -0.2) is 20.2 Å². The van der Waals surface area contributed by atoms with Crippen LogP contribution in [0, 0.1) is 5.82 Å². The fraction of sp³-hybridized carbons (Fsp3) is 0.533. The normalized spacial score (nSPS) is 12.5. The molecule has 0 saturated carbocycles. The van der Waals surface area contributed by atoms with E-state index in [2.05, 4.69) is 29.4 Å². The monoisotopic (exact) mass is 291 g/mol. The topological polar surface area (TPSA) is 69.6 Å². The minimum atomic E-state index is -0.343. The molecule has 0 saturated heterocycles. The van der Waals surface area contributed by atoms with E-state index in [1.165, 1.54) is 37.5 Å². The Kier molecular flexibility index (Phi) is 5.25. The minimum Gasteiger partial charge on any atom is -0.398 e. The summed E-state index contributed by atoms with van der Waals surface area (Å²) in [5.74, 6) is 0.180. The van der Waals surface area contributed by atoms with Gasteiger partial charge in [0.1, 0.15) is 5.82 Å². The van der Waals surface area contributed by atoms with Gasteiger partial charge in [-0.1, -0.05) is 32.6 Å². The lowest BCUT2D eigenvalue weighted by atomic mass is 10.1. The van der Waals surface area contributed by atoms with Crippen molar-refractivity contribution < 1.29 is 4.39 Å². The fourth-order valence-electron chi connectivity index (χ4n) is 2.38. The van der Waals surface area contributed by atoms with Crippen molar-refractivity contribution in [3.8, 4) is 11.4 Å². The van der Waals surface area contributed by atoms with Gasteiger partial charge >= 0.3 is 0 Å². The van der Waals surface area contributed by atoms with Gasteiger partial charge in [-0.25, -0.2) is 9.07 Å². The first-order chi connectivity index (χ1) is 10.1. The standard InChI is InChI=1S/C15H22FN5/c1-3-4-5-6-7-11(2)21-15(18-19-20-21)13-10-12(16)8-9-14(13)17/h8-11H,3-7,17H2,1-2H3. The fourth-order valence-corrected chi connectivity index (χ4v) is 2.38. The summed E-state index contributed by atoms with van der Waals surface area (Å²) in [6.07, 6.45) is 5.79. The zero-order valence-corrected chi connectivity index (χ0v) is 12.6. The number of benzene rings is 1. The number of nitrogen functional groups attached to an aromatic ring is 1. The number of rotatable bonds is 7. The van der Waals surface area contributed by atoms with E-state index in [4.69, 9.17) is 5.73 Å². The van der Waals surface area contributed by atoms with Crippen molar-refractivity contribution >= 4 is 5.69 Å². The molecule has 5 nitrogen and oxygen atoms in total. The van der Waals surface area contributed by atoms with Crippen LogP contribution in [0.25, 0.3) is 11.4 Å². The summed E-state index contributed by atoms with van der Waals surface area (Å²) in [7, 11) is 0. The molecule has 6 heteroatoms. The highest BCUT2D eigenvalue weighted by atomic mass is 19.1. The third-order valence-corrected chi connectivity index (χ3v) is 3.64. The maximum Gasteiger partial charge on any atom is 0.184 e. The molecule has 0 aliphatic rings. The van der Waals surface area contributed by atoms with Crippen LogP contribution < -0.4 is 5.73 Å². The summed E-state index contributed by atoms with van der Waals surface area (Å²) < 4.78 is 15.2. The number of nitrogens with two attached hydrogens (primary N) is 1. The number of tetrazole rings is 1. The molecular weight excluding hydrogens is 269 g/mol. The number of hydrogen-bond acceptors (Lipinski definition) is 4. The molecule has 0 bridgehead atoms. The van der Waals surface area contributed by atoms with Crippen LogP contribution in [0.5, 0.6) is 0 Å². The number of aromatic nitrogens is 4. The van der Waals surface area contributed by atoms with Crippen molar-refractivity contribution in [2.24, 2.45) is 0 Å². The molecule has 1 unspecified atom stereocenters. The number of hydrogen-bond donors (Lipinski definition) is 1. The highest BCUT2D eigenvalue weighted by Crippen LogP contribution is 2.27. The Labute approximate surface area is 124 Å². The van der Waals surface area contributed by atoms with E-state index in [0.29, 0.717) is 17.1 Å². The van der Waals surface area contributed by atoms with E-state index in [0.717, 1.165) is 12.8 Å². The van der Waals surface area contributed by atoms with E-state index in [1.807, 2.05) is 0 Å². The first kappa shape index (κ1) is 15.4. The lowest BCUT2D eigenvalue weighted by molar-refractivity contribution is 0.430. The molecule has 0 aliphatic heterocycles. The minimum absolute atomic E-state index is 0.162. The van der Waals surface area contributed by atoms with Gasteiger partial charge in [0, 0.05) is 11.3 Å². The van der Waals surface area contributed by atoms with Crippen LogP contribution in [0.1, 0.15) is 52.0 Å². The summed E-state index contributed by atoms with van der Waals surface area (Å²) in [5, 5.41) is 11.8. The molecule has 0 amide bonds. The molecule has 0 radical (unpaired) electrons. The van der Waals surface area contributed by atoms with Gasteiger partial charge in [-0.05, 0) is 42.0 Å². The highest BCUT2D eigenvalue weighted by Gasteiger charge is 2.17. The lowest BCUT2D eigenvalue weighted by Crippen LogP contribution is -2.10. The molecule has 114 valence electrons. The van der Waals surface area contributed by atoms with Gasteiger partial charge < -0.3 is 5.73 Å². The van der Waals surface area contributed by atoms with Gasteiger partial charge in [-0.15, -0.1) is 5.10 Å². The predicted molar refractivity (Wildman–Crippen MR) is 81.1 cm³/mol. The van der Waals surface area contributed by atoms with E-state index in [1.54, 1.807) is 4.68 Å². The summed E-state index contributed by atoms with van der Waals surface area (Å²) in [5.41, 5.74) is 6.93. The summed E-state index contributed by atoms with van der Waals surface area (Å²) in [6, 6.07) is 4.41. The number of nitrogens with zero attached hydrogens (tertiary/aromatic N) is 4. The average Bonchev–Trinajstić information content (AvgIpc) is 2.95. The molecule has 2 rings (SSSR count). The Morgan fingerprint density at radius 1 is 1.29 bits per heavy atom. The second-order valence-corrected chi connectivity index (χ2v) is 5.38. The number of anilines is 1. The molecule has 1 heterocycles. The number of unbranched alkanes of at least 4 members (excludes halogenated alkanes) is 3. The highest BCUT2D eigenvalue weighted by molar-refractivity contribution is 5.71. The van der Waals surface area contributed by atoms with Crippen molar-refractivity contribution in [1.29, 1.82) is 0 Å². The quantitative estimate of drug-likeness (QED) is 0.625. The van der Waals surface area contributed by atoms with Crippen molar-refractivity contribution in [2.45, 2.75) is 52.0 Å². The van der Waals surface area contributed by atoms with Crippen molar-refractivity contribution in [3.63, 3.8) is 0 Å². The van der Waals surface area contributed by atoms with Crippen LogP contribution in [0.2, 0.25) is 0 Å². The zero-order valence-electron chi connectivity index (χ0n) is 12.6. The number of halogens is 1. The predicted octanol–water partition coefficient (Wildman–Crippen LogP) is 3.59. The molecule has 2 aromatic rings. The van der Waals surface area contributed by atoms with E-state index in [9.17, 15) is 4.39 Å². The first-order valence-electron chi connectivity index (χ1n) is 7.46. The van der Waals surface area contributed by atoms with Crippen molar-refractivity contribution in [1.82, 2.24) is 20.2 Å². The molecule has 1 aromatic heterocycles. The Morgan fingerprint density at radius 3 is 2.86 bits per heavy atom. The van der Waals surface area contributed by atoms with Crippen LogP contribution >= 0.6 is 0 Å². The maximum atomic E-state index is 13.4. The molecule has 0 fully saturated rings. The molecule has 21 heavy (non-hydrogen) atoms. The molecule has 1 atom stereocenters. The Morgan fingerprint density at radius 2 is 2.10 bits per heavy atom. The largest absolute Gasteiger partial charge is 0.398 e. The Bertz CT molecular complexity index is 581. The van der Waals surface area contributed by atoms with Gasteiger partial charge in [-0.3, -0.25) is 0 Å². The molecule has 0 spiro atoms. The van der Waals surface area contributed by atoms with E-state index >= 15 is 0 Å². The lowest BCUT2D eigenvalue weighted by Gasteiger charge is -2.14. The zero-order chi connectivity index (χ0) is 15.2. The SMILES string of the molecule is CCCCCCC(C)n1nnnc1-c1cc(F)ccc1N. The van der Waals surface area contributed by atoms with Crippen LogP contribution in [0.3, 0.4) is 0 Å².